The highest BCUT2D eigenvalue weighted by atomic mass is 79.9. The van der Waals surface area contributed by atoms with Gasteiger partial charge in [-0.2, -0.15) is 0 Å². The van der Waals surface area contributed by atoms with E-state index in [2.05, 4.69) is 146 Å². The molecule has 0 aliphatic rings. The van der Waals surface area contributed by atoms with Gasteiger partial charge in [-0.3, -0.25) is 0 Å². The molecule has 7 aromatic carbocycles. The van der Waals surface area contributed by atoms with E-state index in [1.54, 1.807) is 0 Å². The maximum atomic E-state index is 6.98. The number of aromatic nitrogens is 6. The van der Waals surface area contributed by atoms with Crippen LogP contribution in [0.15, 0.2) is 165 Å². The Morgan fingerprint density at radius 1 is 0.304 bits per heavy atom. The molecular formula is C54H45Br3Cl6N6. The molecule has 0 saturated heterocycles. The van der Waals surface area contributed by atoms with Gasteiger partial charge in [0.2, 0.25) is 19.0 Å². The molecule has 15 heteroatoms. The monoisotopic (exact) mass is 1220 g/mol. The van der Waals surface area contributed by atoms with E-state index < -0.39 is 0 Å². The summed E-state index contributed by atoms with van der Waals surface area (Å²) in [6, 6.07) is 51.5. The van der Waals surface area contributed by atoms with Crippen molar-refractivity contribution in [1.29, 1.82) is 0 Å². The average molecular weight is 1230 g/mol. The minimum atomic E-state index is 0. The van der Waals surface area contributed by atoms with Crippen molar-refractivity contribution in [3.8, 4) is 0 Å². The summed E-state index contributed by atoms with van der Waals surface area (Å²) in [5, 5.41) is 10.2. The van der Waals surface area contributed by atoms with Gasteiger partial charge in [0.05, 0.1) is 19.6 Å². The topological polar surface area (TPSA) is 26.4 Å². The first-order valence-electron chi connectivity index (χ1n) is 22.0. The number of aryl methyl sites for hydroxylation is 6. The van der Waals surface area contributed by atoms with Gasteiger partial charge in [0.15, 0.2) is 0 Å². The first-order valence-corrected chi connectivity index (χ1v) is 24.2. The van der Waals surface area contributed by atoms with Gasteiger partial charge in [-0.15, -0.1) is 0 Å². The van der Waals surface area contributed by atoms with E-state index in [0.717, 1.165) is 36.0 Å². The van der Waals surface area contributed by atoms with E-state index in [9.17, 15) is 0 Å². The van der Waals surface area contributed by atoms with Gasteiger partial charge in [0, 0.05) is 19.3 Å². The predicted molar refractivity (Wildman–Crippen MR) is 271 cm³/mol. The predicted octanol–water partition coefficient (Wildman–Crippen LogP) is 4.22. The standard InChI is InChI=1S/C54H45Cl6N6.3BrH/c55-49-52(58)64(34-61(49)22-19-37-13-16-43-7-1-4-10-46(43)28-37)31-40-25-41(32-65-35-62(50(56)53(65)59)23-20-38-14-17-44-8-2-5-11-47(44)29-38)27-42(26-40)33-66-36-63(51(57)54(66)60)24-21-39-15-18-45-9-3-6-12-48(45)30-39;;;/h1-18,25-30,34-36H,19-24,31-33H2;3*1H/q+3;;;/p-3. The second kappa shape index (κ2) is 23.6. The molecule has 0 amide bonds. The van der Waals surface area contributed by atoms with E-state index in [-0.39, 0.29) is 50.9 Å². The zero-order valence-corrected chi connectivity index (χ0v) is 46.3. The molecular weight excluding hydrogens is 1190 g/mol. The Kier molecular flexibility index (Phi) is 18.1. The maximum Gasteiger partial charge on any atom is 0.255 e. The van der Waals surface area contributed by atoms with Crippen LogP contribution in [-0.2, 0) is 58.5 Å². The van der Waals surface area contributed by atoms with Gasteiger partial charge >= 0.3 is 0 Å². The smallest absolute Gasteiger partial charge is 0.255 e. The third-order valence-corrected chi connectivity index (χ3v) is 15.1. The van der Waals surface area contributed by atoms with Crippen LogP contribution < -0.4 is 64.6 Å². The van der Waals surface area contributed by atoms with Crippen molar-refractivity contribution in [3.05, 3.63) is 229 Å². The zero-order valence-electron chi connectivity index (χ0n) is 37.0. The normalized spacial score (nSPS) is 11.2. The first kappa shape index (κ1) is 52.9. The summed E-state index contributed by atoms with van der Waals surface area (Å²) < 4.78 is 12.0. The van der Waals surface area contributed by atoms with Crippen LogP contribution in [0.2, 0.25) is 30.9 Å². The molecule has 0 aliphatic carbocycles. The molecule has 0 bridgehead atoms. The summed E-state index contributed by atoms with van der Waals surface area (Å²) in [7, 11) is 0. The third-order valence-electron chi connectivity index (χ3n) is 12.4. The Labute approximate surface area is 463 Å². The number of imidazole rings is 3. The van der Waals surface area contributed by atoms with Gasteiger partial charge in [-0.25, -0.2) is 27.4 Å². The average Bonchev–Trinajstić information content (AvgIpc) is 3.88. The number of benzene rings is 7. The quantitative estimate of drug-likeness (QED) is 0.138. The fraction of sp³-hybridized carbons (Fsp3) is 0.167. The number of rotatable bonds is 15. The van der Waals surface area contributed by atoms with Crippen LogP contribution in [0.25, 0.3) is 32.3 Å². The Morgan fingerprint density at radius 2 is 0.565 bits per heavy atom. The van der Waals surface area contributed by atoms with Crippen LogP contribution in [0.5, 0.6) is 0 Å². The van der Waals surface area contributed by atoms with Crippen molar-refractivity contribution in [3.63, 3.8) is 0 Å². The molecule has 0 radical (unpaired) electrons. The number of nitrogens with zero attached hydrogens (tertiary/aromatic N) is 6. The number of fused-ring (bicyclic) bond motifs is 3. The van der Waals surface area contributed by atoms with Gasteiger partial charge in [0.1, 0.15) is 19.6 Å². The molecule has 0 aliphatic heterocycles. The number of halogens is 9. The summed E-state index contributed by atoms with van der Waals surface area (Å²) in [4.78, 5) is 0. The summed E-state index contributed by atoms with van der Waals surface area (Å²) in [5.74, 6) is 0. The van der Waals surface area contributed by atoms with Crippen molar-refractivity contribution in [2.75, 3.05) is 0 Å². The lowest BCUT2D eigenvalue weighted by molar-refractivity contribution is -0.687. The van der Waals surface area contributed by atoms with E-state index in [0.29, 0.717) is 70.2 Å². The molecule has 3 aromatic heterocycles. The lowest BCUT2D eigenvalue weighted by Crippen LogP contribution is -3.00. The fourth-order valence-corrected chi connectivity index (χ4v) is 10.3. The van der Waals surface area contributed by atoms with Crippen LogP contribution in [0.1, 0.15) is 33.4 Å². The lowest BCUT2D eigenvalue weighted by Gasteiger charge is -2.08. The molecule has 0 fully saturated rings. The third kappa shape index (κ3) is 12.1. The van der Waals surface area contributed by atoms with Gasteiger partial charge in [0.25, 0.3) is 30.9 Å². The SMILES string of the molecule is Clc1c(Cl)[n+](Cc2cc(C[n+]3cn(CCc4ccc5ccccc5c4)c(Cl)c3Cl)cc(C[n+]3cn(CCc4ccc5ccccc5c4)c(Cl)c3Cl)c2)cn1CCc1ccc2ccccc2c1.[Br-].[Br-].[Br-]. The highest BCUT2D eigenvalue weighted by molar-refractivity contribution is 6.40. The molecule has 354 valence electrons. The molecule has 3 heterocycles. The molecule has 0 N–H and O–H groups in total. The highest BCUT2D eigenvalue weighted by Crippen LogP contribution is 2.26. The molecule has 0 saturated carbocycles. The summed E-state index contributed by atoms with van der Waals surface area (Å²) >= 11 is 41.7. The van der Waals surface area contributed by atoms with Crippen LogP contribution in [0.4, 0.5) is 0 Å². The Hall–Kier alpha value is -3.87. The summed E-state index contributed by atoms with van der Waals surface area (Å²) in [6.07, 6.45) is 8.42. The fourth-order valence-electron chi connectivity index (χ4n) is 8.95. The van der Waals surface area contributed by atoms with Crippen LogP contribution >= 0.6 is 69.6 Å². The molecule has 6 nitrogen and oxygen atoms in total. The zero-order chi connectivity index (χ0) is 45.3. The molecule has 69 heavy (non-hydrogen) atoms. The van der Waals surface area contributed by atoms with Crippen molar-refractivity contribution >= 4 is 102 Å². The van der Waals surface area contributed by atoms with Gasteiger partial charge in [-0.05, 0) is 154 Å². The molecule has 0 unspecified atom stereocenters. The summed E-state index contributed by atoms with van der Waals surface area (Å²) in [6.45, 7) is 3.49. The van der Waals surface area contributed by atoms with Gasteiger partial charge in [-0.1, -0.05) is 127 Å². The second-order valence-corrected chi connectivity index (χ2v) is 19.2. The van der Waals surface area contributed by atoms with Crippen LogP contribution in [0, 0.1) is 0 Å². The first-order chi connectivity index (χ1) is 32.1. The maximum absolute atomic E-state index is 6.98. The molecule has 10 aromatic rings. The lowest BCUT2D eigenvalue weighted by atomic mass is 10.0. The minimum Gasteiger partial charge on any atom is -1.00 e. The number of hydrogen-bond acceptors (Lipinski definition) is 0. The van der Waals surface area contributed by atoms with Crippen molar-refractivity contribution < 1.29 is 64.6 Å². The summed E-state index contributed by atoms with van der Waals surface area (Å²) in [5.41, 5.74) is 6.81. The van der Waals surface area contributed by atoms with Crippen molar-refractivity contribution in [1.82, 2.24) is 13.7 Å². The minimum absolute atomic E-state index is 0. The van der Waals surface area contributed by atoms with E-state index in [4.69, 9.17) is 69.6 Å². The molecule has 10 rings (SSSR count). The van der Waals surface area contributed by atoms with E-state index in [1.807, 2.05) is 46.4 Å². The van der Waals surface area contributed by atoms with Gasteiger partial charge < -0.3 is 50.9 Å². The second-order valence-electron chi connectivity index (χ2n) is 17.0. The van der Waals surface area contributed by atoms with Crippen LogP contribution in [-0.4, -0.2) is 13.7 Å². The molecule has 0 spiro atoms. The van der Waals surface area contributed by atoms with E-state index in [1.165, 1.54) is 49.0 Å². The Balaban J connectivity index is 0.00000234. The number of hydrogen-bond donors (Lipinski definition) is 0. The highest BCUT2D eigenvalue weighted by Gasteiger charge is 2.25. The van der Waals surface area contributed by atoms with Crippen molar-refractivity contribution in [2.45, 2.75) is 58.5 Å². The largest absolute Gasteiger partial charge is 1.00 e. The van der Waals surface area contributed by atoms with Crippen LogP contribution in [0.3, 0.4) is 0 Å². The Morgan fingerprint density at radius 3 is 0.841 bits per heavy atom. The Bertz CT molecular complexity index is 3050. The van der Waals surface area contributed by atoms with Crippen molar-refractivity contribution in [2.24, 2.45) is 0 Å². The van der Waals surface area contributed by atoms with E-state index >= 15 is 0 Å². The molecule has 0 atom stereocenters.